The summed E-state index contributed by atoms with van der Waals surface area (Å²) in [5.41, 5.74) is -0.209. The molecule has 0 saturated carbocycles. The third-order valence-corrected chi connectivity index (χ3v) is 5.41. The number of carboxylic acid groups (broad SMARTS) is 1. The molecule has 6 nitrogen and oxygen atoms in total. The van der Waals surface area contributed by atoms with Crippen LogP contribution in [0.25, 0.3) is 0 Å². The van der Waals surface area contributed by atoms with Crippen molar-refractivity contribution in [1.82, 2.24) is 5.32 Å². The number of amides is 1. The van der Waals surface area contributed by atoms with E-state index in [1.54, 1.807) is 0 Å². The first kappa shape index (κ1) is 17.5. The molecule has 0 aliphatic heterocycles. The highest BCUT2D eigenvalue weighted by Gasteiger charge is 2.31. The monoisotopic (exact) mass is 333 g/mol. The standard InChI is InChI=1S/C13H16ClNO5S/c1-3-6-15-12(16)8(2)21(19,20)11-7-9(13(17)18)4-5-10(11)14/h4-5,7-8H,3,6H2,1-2H3,(H,15,16)(H,17,18). The van der Waals surface area contributed by atoms with Crippen molar-refractivity contribution in [3.05, 3.63) is 28.8 Å². The van der Waals surface area contributed by atoms with Gasteiger partial charge in [0.2, 0.25) is 5.91 Å². The largest absolute Gasteiger partial charge is 0.478 e. The van der Waals surface area contributed by atoms with Crippen molar-refractivity contribution in [3.8, 4) is 0 Å². The highest BCUT2D eigenvalue weighted by molar-refractivity contribution is 7.92. The molecule has 0 heterocycles. The molecular weight excluding hydrogens is 318 g/mol. The molecule has 0 saturated heterocycles. The van der Waals surface area contributed by atoms with E-state index in [4.69, 9.17) is 16.7 Å². The van der Waals surface area contributed by atoms with Crippen LogP contribution in [0.3, 0.4) is 0 Å². The molecule has 1 aromatic rings. The van der Waals surface area contributed by atoms with Crippen LogP contribution >= 0.6 is 11.6 Å². The van der Waals surface area contributed by atoms with Crippen LogP contribution in [-0.4, -0.2) is 37.2 Å². The maximum Gasteiger partial charge on any atom is 0.335 e. The Hall–Kier alpha value is -1.60. The van der Waals surface area contributed by atoms with E-state index in [1.165, 1.54) is 19.1 Å². The summed E-state index contributed by atoms with van der Waals surface area (Å²) < 4.78 is 24.8. The van der Waals surface area contributed by atoms with Gasteiger partial charge in [0.05, 0.1) is 15.5 Å². The van der Waals surface area contributed by atoms with E-state index in [0.717, 1.165) is 6.07 Å². The van der Waals surface area contributed by atoms with E-state index in [-0.39, 0.29) is 15.5 Å². The van der Waals surface area contributed by atoms with Crippen LogP contribution in [0.1, 0.15) is 30.6 Å². The number of hydrogen-bond acceptors (Lipinski definition) is 4. The summed E-state index contributed by atoms with van der Waals surface area (Å²) in [6, 6.07) is 3.35. The molecule has 1 aromatic carbocycles. The van der Waals surface area contributed by atoms with E-state index in [2.05, 4.69) is 5.32 Å². The second kappa shape index (κ2) is 6.91. The normalized spacial score (nSPS) is 12.7. The number of hydrogen-bond donors (Lipinski definition) is 2. The van der Waals surface area contributed by atoms with Gasteiger partial charge in [-0.3, -0.25) is 4.79 Å². The summed E-state index contributed by atoms with van der Waals surface area (Å²) in [5, 5.41) is 9.93. The number of rotatable bonds is 6. The van der Waals surface area contributed by atoms with Crippen molar-refractivity contribution in [2.24, 2.45) is 0 Å². The topological polar surface area (TPSA) is 101 Å². The van der Waals surface area contributed by atoms with Gasteiger partial charge in [-0.05, 0) is 31.5 Å². The fraction of sp³-hybridized carbons (Fsp3) is 0.385. The fourth-order valence-corrected chi connectivity index (χ4v) is 3.40. The Morgan fingerprint density at radius 2 is 2.00 bits per heavy atom. The Kier molecular flexibility index (Phi) is 5.74. The zero-order valence-electron chi connectivity index (χ0n) is 11.6. The van der Waals surface area contributed by atoms with Crippen LogP contribution < -0.4 is 5.32 Å². The lowest BCUT2D eigenvalue weighted by atomic mass is 10.2. The maximum absolute atomic E-state index is 12.4. The number of sulfone groups is 1. The molecule has 1 rings (SSSR count). The van der Waals surface area contributed by atoms with E-state index in [1.807, 2.05) is 6.92 Å². The molecule has 0 aliphatic rings. The van der Waals surface area contributed by atoms with Gasteiger partial charge in [0, 0.05) is 6.54 Å². The molecule has 0 bridgehead atoms. The second-order valence-electron chi connectivity index (χ2n) is 4.43. The quantitative estimate of drug-likeness (QED) is 0.825. The fourth-order valence-electron chi connectivity index (χ4n) is 1.58. The average Bonchev–Trinajstić information content (AvgIpc) is 2.43. The number of carboxylic acids is 1. The lowest BCUT2D eigenvalue weighted by Crippen LogP contribution is -2.38. The van der Waals surface area contributed by atoms with Crippen molar-refractivity contribution >= 4 is 33.3 Å². The van der Waals surface area contributed by atoms with Crippen molar-refractivity contribution in [1.29, 1.82) is 0 Å². The molecule has 2 N–H and O–H groups in total. The van der Waals surface area contributed by atoms with Gasteiger partial charge in [0.1, 0.15) is 5.25 Å². The van der Waals surface area contributed by atoms with Gasteiger partial charge in [0.15, 0.2) is 9.84 Å². The van der Waals surface area contributed by atoms with Gasteiger partial charge in [-0.15, -0.1) is 0 Å². The molecule has 0 fully saturated rings. The first-order chi connectivity index (χ1) is 9.71. The third kappa shape index (κ3) is 3.95. The summed E-state index contributed by atoms with van der Waals surface area (Å²) in [5.74, 6) is -1.92. The molecule has 8 heteroatoms. The highest BCUT2D eigenvalue weighted by atomic mass is 35.5. The summed E-state index contributed by atoms with van der Waals surface area (Å²) >= 11 is 5.83. The van der Waals surface area contributed by atoms with Gasteiger partial charge < -0.3 is 10.4 Å². The van der Waals surface area contributed by atoms with Gasteiger partial charge in [-0.2, -0.15) is 0 Å². The zero-order valence-corrected chi connectivity index (χ0v) is 13.2. The average molecular weight is 334 g/mol. The lowest BCUT2D eigenvalue weighted by molar-refractivity contribution is -0.120. The summed E-state index contributed by atoms with van der Waals surface area (Å²) in [6.45, 7) is 3.44. The molecule has 116 valence electrons. The minimum atomic E-state index is -4.06. The summed E-state index contributed by atoms with van der Waals surface area (Å²) in [4.78, 5) is 22.4. The Morgan fingerprint density at radius 3 is 2.52 bits per heavy atom. The van der Waals surface area contributed by atoms with Crippen LogP contribution in [0.2, 0.25) is 5.02 Å². The first-order valence-electron chi connectivity index (χ1n) is 6.26. The van der Waals surface area contributed by atoms with Gasteiger partial charge in [0.25, 0.3) is 0 Å². The SMILES string of the molecule is CCCNC(=O)C(C)S(=O)(=O)c1cc(C(=O)O)ccc1Cl. The first-order valence-corrected chi connectivity index (χ1v) is 8.18. The minimum absolute atomic E-state index is 0.116. The highest BCUT2D eigenvalue weighted by Crippen LogP contribution is 2.26. The van der Waals surface area contributed by atoms with Crippen LogP contribution in [0.5, 0.6) is 0 Å². The van der Waals surface area contributed by atoms with Crippen molar-refractivity contribution in [2.45, 2.75) is 30.4 Å². The van der Waals surface area contributed by atoms with Crippen LogP contribution in [0.4, 0.5) is 0 Å². The van der Waals surface area contributed by atoms with Crippen LogP contribution in [0, 0.1) is 0 Å². The summed E-state index contributed by atoms with van der Waals surface area (Å²) in [6.07, 6.45) is 0.674. The van der Waals surface area contributed by atoms with E-state index >= 15 is 0 Å². The maximum atomic E-state index is 12.4. The number of aromatic carboxylic acids is 1. The van der Waals surface area contributed by atoms with Crippen LogP contribution in [0.15, 0.2) is 23.1 Å². The van der Waals surface area contributed by atoms with Crippen LogP contribution in [-0.2, 0) is 14.6 Å². The Labute approximate surface area is 128 Å². The number of halogens is 1. The molecule has 1 atom stereocenters. The number of carbonyl (C=O) groups excluding carboxylic acids is 1. The van der Waals surface area contributed by atoms with Crippen molar-refractivity contribution < 1.29 is 23.1 Å². The summed E-state index contributed by atoms with van der Waals surface area (Å²) in [7, 11) is -4.06. The predicted molar refractivity (Wildman–Crippen MR) is 78.4 cm³/mol. The molecule has 0 radical (unpaired) electrons. The van der Waals surface area contributed by atoms with Gasteiger partial charge in [-0.25, -0.2) is 13.2 Å². The Bertz CT molecular complexity index is 657. The molecule has 21 heavy (non-hydrogen) atoms. The molecular formula is C13H16ClNO5S. The van der Waals surface area contributed by atoms with E-state index in [0.29, 0.717) is 13.0 Å². The smallest absolute Gasteiger partial charge is 0.335 e. The second-order valence-corrected chi connectivity index (χ2v) is 7.07. The lowest BCUT2D eigenvalue weighted by Gasteiger charge is -2.14. The Balaban J connectivity index is 3.21. The predicted octanol–water partition coefficient (Wildman–Crippen LogP) is 1.73. The zero-order chi connectivity index (χ0) is 16.2. The molecule has 0 aromatic heterocycles. The van der Waals surface area contributed by atoms with Crippen molar-refractivity contribution in [2.75, 3.05) is 6.54 Å². The number of benzene rings is 1. The minimum Gasteiger partial charge on any atom is -0.478 e. The molecule has 1 unspecified atom stereocenters. The van der Waals surface area contributed by atoms with Gasteiger partial charge >= 0.3 is 5.97 Å². The number of nitrogens with one attached hydrogen (secondary N) is 1. The van der Waals surface area contributed by atoms with Gasteiger partial charge in [-0.1, -0.05) is 18.5 Å². The molecule has 0 aliphatic carbocycles. The van der Waals surface area contributed by atoms with E-state index in [9.17, 15) is 18.0 Å². The molecule has 1 amide bonds. The third-order valence-electron chi connectivity index (χ3n) is 2.87. The number of carbonyl (C=O) groups is 2. The van der Waals surface area contributed by atoms with Crippen molar-refractivity contribution in [3.63, 3.8) is 0 Å². The van der Waals surface area contributed by atoms with E-state index < -0.39 is 27.0 Å². The Morgan fingerprint density at radius 1 is 1.38 bits per heavy atom. The molecule has 0 spiro atoms.